The highest BCUT2D eigenvalue weighted by molar-refractivity contribution is 7.89. The summed E-state index contributed by atoms with van der Waals surface area (Å²) in [7, 11) is -3.75. The van der Waals surface area contributed by atoms with Crippen LogP contribution in [0.25, 0.3) is 0 Å². The van der Waals surface area contributed by atoms with E-state index in [9.17, 15) is 12.8 Å². The van der Waals surface area contributed by atoms with Gasteiger partial charge < -0.3 is 5.32 Å². The first-order chi connectivity index (χ1) is 9.48. The third kappa shape index (κ3) is 2.36. The Morgan fingerprint density at radius 1 is 1.25 bits per heavy atom. The van der Waals surface area contributed by atoms with E-state index in [2.05, 4.69) is 5.32 Å². The number of sulfonamides is 1. The minimum atomic E-state index is -3.75. The van der Waals surface area contributed by atoms with Crippen molar-refractivity contribution in [3.8, 4) is 0 Å². The highest BCUT2D eigenvalue weighted by Gasteiger charge is 2.36. The van der Waals surface area contributed by atoms with Crippen molar-refractivity contribution in [2.24, 2.45) is 0 Å². The van der Waals surface area contributed by atoms with Gasteiger partial charge in [0.2, 0.25) is 10.0 Å². The first-order valence-corrected chi connectivity index (χ1v) is 8.44. The topological polar surface area (TPSA) is 49.4 Å². The molecule has 0 aromatic heterocycles. The van der Waals surface area contributed by atoms with Crippen LogP contribution in [0.3, 0.4) is 0 Å². The van der Waals surface area contributed by atoms with Crippen molar-refractivity contribution >= 4 is 10.0 Å². The van der Waals surface area contributed by atoms with Gasteiger partial charge in [-0.1, -0.05) is 12.1 Å². The second-order valence-corrected chi connectivity index (χ2v) is 7.55. The number of nitrogens with zero attached hydrogens (tertiary/aromatic N) is 1. The molecule has 20 heavy (non-hydrogen) atoms. The molecule has 1 N–H and O–H groups in total. The molecule has 2 heterocycles. The molecule has 3 rings (SSSR count). The Kier molecular flexibility index (Phi) is 3.56. The van der Waals surface area contributed by atoms with Crippen LogP contribution >= 0.6 is 0 Å². The summed E-state index contributed by atoms with van der Waals surface area (Å²) in [5.41, 5.74) is 0.465. The van der Waals surface area contributed by atoms with Gasteiger partial charge in [0.25, 0.3) is 0 Å². The molecule has 2 fully saturated rings. The molecule has 2 aliphatic heterocycles. The number of benzene rings is 1. The van der Waals surface area contributed by atoms with E-state index in [4.69, 9.17) is 0 Å². The summed E-state index contributed by atoms with van der Waals surface area (Å²) >= 11 is 0. The molecule has 0 amide bonds. The van der Waals surface area contributed by atoms with Crippen molar-refractivity contribution in [1.29, 1.82) is 0 Å². The SMILES string of the molecule is Cc1cccc(F)c1S(=O)(=O)N1CCC2CCC(C1)N2. The second kappa shape index (κ2) is 5.09. The summed E-state index contributed by atoms with van der Waals surface area (Å²) in [5.74, 6) is -0.660. The van der Waals surface area contributed by atoms with E-state index >= 15 is 0 Å². The number of rotatable bonds is 2. The minimum Gasteiger partial charge on any atom is -0.310 e. The number of aryl methyl sites for hydroxylation is 1. The predicted molar refractivity (Wildman–Crippen MR) is 74.5 cm³/mol. The summed E-state index contributed by atoms with van der Waals surface area (Å²) in [6, 6.07) is 4.99. The van der Waals surface area contributed by atoms with E-state index in [1.54, 1.807) is 13.0 Å². The Labute approximate surface area is 119 Å². The second-order valence-electron chi connectivity index (χ2n) is 5.68. The molecule has 0 saturated carbocycles. The van der Waals surface area contributed by atoms with Crippen LogP contribution in [0, 0.1) is 12.7 Å². The lowest BCUT2D eigenvalue weighted by molar-refractivity contribution is 0.380. The molecule has 1 aromatic rings. The average molecular weight is 298 g/mol. The lowest BCUT2D eigenvalue weighted by Gasteiger charge is -2.24. The molecule has 2 atom stereocenters. The highest BCUT2D eigenvalue weighted by Crippen LogP contribution is 2.27. The van der Waals surface area contributed by atoms with E-state index in [-0.39, 0.29) is 10.9 Å². The quantitative estimate of drug-likeness (QED) is 0.903. The monoisotopic (exact) mass is 298 g/mol. The van der Waals surface area contributed by atoms with Crippen molar-refractivity contribution in [1.82, 2.24) is 9.62 Å². The molecule has 2 aliphatic rings. The minimum absolute atomic E-state index is 0.169. The number of halogens is 1. The predicted octanol–water partition coefficient (Wildman–Crippen LogP) is 1.65. The van der Waals surface area contributed by atoms with Gasteiger partial charge in [0.1, 0.15) is 10.7 Å². The Hall–Kier alpha value is -0.980. The van der Waals surface area contributed by atoms with Crippen LogP contribution in [0.15, 0.2) is 23.1 Å². The number of fused-ring (bicyclic) bond motifs is 2. The van der Waals surface area contributed by atoms with Crippen molar-refractivity contribution in [2.45, 2.75) is 43.2 Å². The standard InChI is InChI=1S/C14H19FN2O2S/c1-10-3-2-4-13(15)14(10)20(18,19)17-8-7-11-5-6-12(9-17)16-11/h2-4,11-12,16H,5-9H2,1H3. The zero-order valence-electron chi connectivity index (χ0n) is 11.5. The molecule has 110 valence electrons. The van der Waals surface area contributed by atoms with Gasteiger partial charge in [0.05, 0.1) is 0 Å². The van der Waals surface area contributed by atoms with Crippen LogP contribution in [-0.2, 0) is 10.0 Å². The van der Waals surface area contributed by atoms with Gasteiger partial charge in [0.15, 0.2) is 0 Å². The molecule has 6 heteroatoms. The number of hydrogen-bond donors (Lipinski definition) is 1. The zero-order chi connectivity index (χ0) is 14.3. The van der Waals surface area contributed by atoms with Gasteiger partial charge in [-0.3, -0.25) is 0 Å². The summed E-state index contributed by atoms with van der Waals surface area (Å²) < 4.78 is 40.8. The van der Waals surface area contributed by atoms with E-state index in [1.165, 1.54) is 16.4 Å². The zero-order valence-corrected chi connectivity index (χ0v) is 12.3. The normalized spacial score (nSPS) is 27.5. The highest BCUT2D eigenvalue weighted by atomic mass is 32.2. The smallest absolute Gasteiger partial charge is 0.246 e. The maximum absolute atomic E-state index is 14.0. The van der Waals surface area contributed by atoms with E-state index in [0.29, 0.717) is 24.7 Å². The maximum Gasteiger partial charge on any atom is 0.246 e. The first-order valence-electron chi connectivity index (χ1n) is 7.00. The lowest BCUT2D eigenvalue weighted by Crippen LogP contribution is -2.39. The summed E-state index contributed by atoms with van der Waals surface area (Å²) in [5, 5.41) is 3.44. The van der Waals surface area contributed by atoms with Gasteiger partial charge in [-0.05, 0) is 37.8 Å². The van der Waals surface area contributed by atoms with E-state index in [0.717, 1.165) is 19.3 Å². The largest absolute Gasteiger partial charge is 0.310 e. The van der Waals surface area contributed by atoms with Gasteiger partial charge in [0, 0.05) is 25.2 Å². The lowest BCUT2D eigenvalue weighted by atomic mass is 10.1. The van der Waals surface area contributed by atoms with Crippen LogP contribution < -0.4 is 5.32 Å². The van der Waals surface area contributed by atoms with Crippen molar-refractivity contribution < 1.29 is 12.8 Å². The number of hydrogen-bond acceptors (Lipinski definition) is 3. The summed E-state index contributed by atoms with van der Waals surface area (Å²) in [6.07, 6.45) is 2.90. The maximum atomic E-state index is 14.0. The van der Waals surface area contributed by atoms with E-state index in [1.807, 2.05) is 0 Å². The third-order valence-electron chi connectivity index (χ3n) is 4.25. The van der Waals surface area contributed by atoms with Gasteiger partial charge in [-0.25, -0.2) is 12.8 Å². The number of nitrogens with one attached hydrogen (secondary N) is 1. The fraction of sp³-hybridized carbons (Fsp3) is 0.571. The molecule has 0 radical (unpaired) electrons. The van der Waals surface area contributed by atoms with Crippen LogP contribution in [0.4, 0.5) is 4.39 Å². The summed E-state index contributed by atoms with van der Waals surface area (Å²) in [6.45, 7) is 2.54. The average Bonchev–Trinajstić information content (AvgIpc) is 2.67. The third-order valence-corrected chi connectivity index (χ3v) is 6.29. The molecular weight excluding hydrogens is 279 g/mol. The molecule has 2 saturated heterocycles. The molecule has 1 aromatic carbocycles. The molecular formula is C14H19FN2O2S. The first kappa shape index (κ1) is 14.0. The molecule has 4 nitrogen and oxygen atoms in total. The molecule has 0 aliphatic carbocycles. The Balaban J connectivity index is 1.95. The van der Waals surface area contributed by atoms with Gasteiger partial charge in [-0.15, -0.1) is 0 Å². The Morgan fingerprint density at radius 2 is 2.00 bits per heavy atom. The van der Waals surface area contributed by atoms with Crippen LogP contribution in [-0.4, -0.2) is 37.9 Å². The molecule has 2 bridgehead atoms. The van der Waals surface area contributed by atoms with Gasteiger partial charge >= 0.3 is 0 Å². The van der Waals surface area contributed by atoms with Crippen molar-refractivity contribution in [3.63, 3.8) is 0 Å². The van der Waals surface area contributed by atoms with Crippen LogP contribution in [0.2, 0.25) is 0 Å². The van der Waals surface area contributed by atoms with Crippen molar-refractivity contribution in [2.75, 3.05) is 13.1 Å². The van der Waals surface area contributed by atoms with Crippen LogP contribution in [0.5, 0.6) is 0 Å². The molecule has 0 spiro atoms. The summed E-state index contributed by atoms with van der Waals surface area (Å²) in [4.78, 5) is -0.169. The fourth-order valence-electron chi connectivity index (χ4n) is 3.20. The Morgan fingerprint density at radius 3 is 2.75 bits per heavy atom. The fourth-order valence-corrected chi connectivity index (χ4v) is 4.97. The van der Waals surface area contributed by atoms with E-state index < -0.39 is 15.8 Å². The Bertz CT molecular complexity index is 597. The van der Waals surface area contributed by atoms with Crippen molar-refractivity contribution in [3.05, 3.63) is 29.6 Å². The van der Waals surface area contributed by atoms with Crippen LogP contribution in [0.1, 0.15) is 24.8 Å². The van der Waals surface area contributed by atoms with Gasteiger partial charge in [-0.2, -0.15) is 4.31 Å². The molecule has 2 unspecified atom stereocenters.